The zero-order chi connectivity index (χ0) is 13.1. The fraction of sp³-hybridized carbons (Fsp3) is 0.818. The first kappa shape index (κ1) is 13.8. The molecule has 1 saturated heterocycles. The second-order valence-corrected chi connectivity index (χ2v) is 5.38. The Hall–Kier alpha value is -1.30. The molecular weight excluding hydrogens is 222 g/mol. The minimum atomic E-state index is -0.944. The summed E-state index contributed by atoms with van der Waals surface area (Å²) in [7, 11) is 0. The highest BCUT2D eigenvalue weighted by Gasteiger charge is 2.45. The summed E-state index contributed by atoms with van der Waals surface area (Å²) in [6.07, 6.45) is 0.871. The minimum absolute atomic E-state index is 0.0393. The van der Waals surface area contributed by atoms with Crippen LogP contribution in [0.1, 0.15) is 33.6 Å². The Morgan fingerprint density at radius 2 is 1.94 bits per heavy atom. The molecule has 17 heavy (non-hydrogen) atoms. The van der Waals surface area contributed by atoms with E-state index >= 15 is 0 Å². The third-order valence-corrected chi connectivity index (χ3v) is 2.87. The van der Waals surface area contributed by atoms with E-state index in [0.29, 0.717) is 26.1 Å². The van der Waals surface area contributed by atoms with Crippen LogP contribution in [0, 0.1) is 5.41 Å². The first-order chi connectivity index (χ1) is 7.82. The third kappa shape index (κ3) is 3.09. The van der Waals surface area contributed by atoms with Crippen LogP contribution in [0.4, 0.5) is 0 Å². The summed E-state index contributed by atoms with van der Waals surface area (Å²) in [5.74, 6) is -0.244. The maximum absolute atomic E-state index is 12.3. The van der Waals surface area contributed by atoms with E-state index in [-0.39, 0.29) is 17.3 Å². The maximum Gasteiger partial charge on any atom is 0.234 e. The fourth-order valence-electron chi connectivity index (χ4n) is 1.88. The Labute approximate surface area is 101 Å². The number of oxime groups is 1. The topological polar surface area (TPSA) is 96.9 Å². The predicted octanol–water partition coefficient (Wildman–Crippen LogP) is 0.444. The zero-order valence-corrected chi connectivity index (χ0v) is 10.6. The molecule has 0 aliphatic carbocycles. The number of carbonyl (C=O) groups is 1. The van der Waals surface area contributed by atoms with Gasteiger partial charge in [0.25, 0.3) is 0 Å². The Bertz CT molecular complexity index is 314. The van der Waals surface area contributed by atoms with Crippen molar-refractivity contribution in [3.05, 3.63) is 0 Å². The summed E-state index contributed by atoms with van der Waals surface area (Å²) in [6.45, 7) is 6.56. The van der Waals surface area contributed by atoms with E-state index in [0.717, 1.165) is 0 Å². The Morgan fingerprint density at radius 1 is 1.41 bits per heavy atom. The van der Waals surface area contributed by atoms with E-state index in [2.05, 4.69) is 10.5 Å². The lowest BCUT2D eigenvalue weighted by molar-refractivity contribution is -0.133. The lowest BCUT2D eigenvalue weighted by Crippen LogP contribution is -2.56. The van der Waals surface area contributed by atoms with Gasteiger partial charge in [-0.1, -0.05) is 5.16 Å². The molecule has 1 heterocycles. The van der Waals surface area contributed by atoms with Crippen molar-refractivity contribution in [3.63, 3.8) is 0 Å². The lowest BCUT2D eigenvalue weighted by Gasteiger charge is -2.36. The fourth-order valence-corrected chi connectivity index (χ4v) is 1.88. The van der Waals surface area contributed by atoms with Crippen LogP contribution in [0.25, 0.3) is 0 Å². The Kier molecular flexibility index (Phi) is 3.98. The second kappa shape index (κ2) is 4.91. The van der Waals surface area contributed by atoms with Gasteiger partial charge in [0, 0.05) is 18.8 Å². The molecule has 0 unspecified atom stereocenters. The molecule has 0 bridgehead atoms. The molecule has 1 aliphatic heterocycles. The molecule has 0 aromatic rings. The quantitative estimate of drug-likeness (QED) is 0.284. The van der Waals surface area contributed by atoms with Gasteiger partial charge < -0.3 is 21.0 Å². The molecule has 0 aromatic carbocycles. The largest absolute Gasteiger partial charge is 0.409 e. The molecule has 1 rings (SSSR count). The molecule has 0 spiro atoms. The molecule has 0 saturated carbocycles. The van der Waals surface area contributed by atoms with E-state index in [1.54, 1.807) is 0 Å². The van der Waals surface area contributed by atoms with E-state index in [1.165, 1.54) is 0 Å². The minimum Gasteiger partial charge on any atom is -0.409 e. The molecule has 6 nitrogen and oxygen atoms in total. The van der Waals surface area contributed by atoms with Crippen molar-refractivity contribution >= 4 is 11.7 Å². The van der Waals surface area contributed by atoms with Crippen LogP contribution in [0.3, 0.4) is 0 Å². The monoisotopic (exact) mass is 243 g/mol. The highest BCUT2D eigenvalue weighted by Crippen LogP contribution is 2.31. The number of nitrogens with two attached hydrogens (primary N) is 1. The summed E-state index contributed by atoms with van der Waals surface area (Å²) < 4.78 is 5.23. The average molecular weight is 243 g/mol. The van der Waals surface area contributed by atoms with Crippen LogP contribution >= 0.6 is 0 Å². The number of amidine groups is 1. The second-order valence-electron chi connectivity index (χ2n) is 5.38. The van der Waals surface area contributed by atoms with E-state index in [9.17, 15) is 4.79 Å². The van der Waals surface area contributed by atoms with Gasteiger partial charge in [0.1, 0.15) is 5.41 Å². The summed E-state index contributed by atoms with van der Waals surface area (Å²) in [4.78, 5) is 12.3. The van der Waals surface area contributed by atoms with E-state index in [4.69, 9.17) is 15.7 Å². The van der Waals surface area contributed by atoms with Gasteiger partial charge in [0.15, 0.2) is 5.84 Å². The van der Waals surface area contributed by atoms with Crippen molar-refractivity contribution in [1.29, 1.82) is 0 Å². The number of amides is 1. The van der Waals surface area contributed by atoms with Crippen molar-refractivity contribution in [2.24, 2.45) is 16.3 Å². The van der Waals surface area contributed by atoms with E-state index in [1.807, 2.05) is 20.8 Å². The number of nitrogens with zero attached hydrogens (tertiary/aromatic N) is 1. The molecule has 1 aliphatic rings. The summed E-state index contributed by atoms with van der Waals surface area (Å²) >= 11 is 0. The SMILES string of the molecule is CC(C)(C)NC(=O)C1(C(N)=NO)CCOCC1. The summed E-state index contributed by atoms with van der Waals surface area (Å²) in [5.41, 5.74) is 4.39. The smallest absolute Gasteiger partial charge is 0.234 e. The molecule has 0 radical (unpaired) electrons. The molecule has 0 aromatic heterocycles. The molecule has 0 atom stereocenters. The number of ether oxygens (including phenoxy) is 1. The van der Waals surface area contributed by atoms with Crippen molar-refractivity contribution in [1.82, 2.24) is 5.32 Å². The molecule has 4 N–H and O–H groups in total. The van der Waals surface area contributed by atoms with Crippen molar-refractivity contribution in [2.75, 3.05) is 13.2 Å². The maximum atomic E-state index is 12.3. The van der Waals surface area contributed by atoms with Crippen LogP contribution in [0.5, 0.6) is 0 Å². The van der Waals surface area contributed by atoms with Crippen LogP contribution in [0.2, 0.25) is 0 Å². The standard InChI is InChI=1S/C11H21N3O3/c1-10(2,3)13-9(15)11(8(12)14-16)4-6-17-7-5-11/h16H,4-7H2,1-3H3,(H2,12,14)(H,13,15). The highest BCUT2D eigenvalue weighted by molar-refractivity contribution is 6.07. The normalized spacial score (nSPS) is 21.0. The van der Waals surface area contributed by atoms with Gasteiger partial charge in [-0.15, -0.1) is 0 Å². The molecule has 6 heteroatoms. The van der Waals surface area contributed by atoms with Crippen molar-refractivity contribution in [3.8, 4) is 0 Å². The number of hydrogen-bond donors (Lipinski definition) is 3. The van der Waals surface area contributed by atoms with Crippen molar-refractivity contribution in [2.45, 2.75) is 39.2 Å². The van der Waals surface area contributed by atoms with Gasteiger partial charge in [0.05, 0.1) is 0 Å². The van der Waals surface area contributed by atoms with Gasteiger partial charge in [-0.25, -0.2) is 0 Å². The van der Waals surface area contributed by atoms with Crippen LogP contribution in [-0.4, -0.2) is 35.7 Å². The first-order valence-electron chi connectivity index (χ1n) is 5.70. The van der Waals surface area contributed by atoms with Crippen LogP contribution in [-0.2, 0) is 9.53 Å². The lowest BCUT2D eigenvalue weighted by atomic mass is 9.77. The predicted molar refractivity (Wildman–Crippen MR) is 63.8 cm³/mol. The Balaban J connectivity index is 2.94. The first-order valence-corrected chi connectivity index (χ1v) is 5.70. The zero-order valence-electron chi connectivity index (χ0n) is 10.6. The number of hydrogen-bond acceptors (Lipinski definition) is 4. The van der Waals surface area contributed by atoms with Gasteiger partial charge in [-0.2, -0.15) is 0 Å². The molecule has 98 valence electrons. The third-order valence-electron chi connectivity index (χ3n) is 2.87. The van der Waals surface area contributed by atoms with Gasteiger partial charge in [0.2, 0.25) is 5.91 Å². The molecule has 1 amide bonds. The van der Waals surface area contributed by atoms with Gasteiger partial charge in [-0.3, -0.25) is 4.79 Å². The number of rotatable bonds is 2. The van der Waals surface area contributed by atoms with Crippen molar-refractivity contribution < 1.29 is 14.7 Å². The van der Waals surface area contributed by atoms with Crippen LogP contribution < -0.4 is 11.1 Å². The van der Waals surface area contributed by atoms with Gasteiger partial charge in [-0.05, 0) is 33.6 Å². The van der Waals surface area contributed by atoms with E-state index < -0.39 is 5.41 Å². The summed E-state index contributed by atoms with van der Waals surface area (Å²) in [6, 6.07) is 0. The molecular formula is C11H21N3O3. The van der Waals surface area contributed by atoms with Gasteiger partial charge >= 0.3 is 0 Å². The number of carbonyl (C=O) groups excluding carboxylic acids is 1. The molecule has 1 fully saturated rings. The summed E-state index contributed by atoms with van der Waals surface area (Å²) in [5, 5.41) is 14.7. The highest BCUT2D eigenvalue weighted by atomic mass is 16.5. The number of nitrogens with one attached hydrogen (secondary N) is 1. The average Bonchev–Trinajstić information content (AvgIpc) is 2.26. The Morgan fingerprint density at radius 3 is 2.35 bits per heavy atom. The van der Waals surface area contributed by atoms with Crippen LogP contribution in [0.15, 0.2) is 5.16 Å².